The SMILES string of the molecule is C[C@@H](NC(=O)c1ccc(S(=O)(=O)N[C@@H]2CCS(=O)(=O)C2)cc1)c1ccc(F)c(F)c1. The molecule has 30 heavy (non-hydrogen) atoms. The third-order valence-corrected chi connectivity index (χ3v) is 8.08. The lowest BCUT2D eigenvalue weighted by molar-refractivity contribution is 0.0939. The molecule has 2 aromatic rings. The van der Waals surface area contributed by atoms with E-state index in [1.165, 1.54) is 30.3 Å². The first-order valence-electron chi connectivity index (χ1n) is 9.05. The predicted octanol–water partition coefficient (Wildman–Crippen LogP) is 1.92. The van der Waals surface area contributed by atoms with Gasteiger partial charge in [-0.25, -0.2) is 30.3 Å². The third-order valence-electron chi connectivity index (χ3n) is 4.77. The van der Waals surface area contributed by atoms with E-state index in [4.69, 9.17) is 0 Å². The van der Waals surface area contributed by atoms with Crippen LogP contribution in [0.4, 0.5) is 8.78 Å². The molecule has 0 bridgehead atoms. The van der Waals surface area contributed by atoms with E-state index < -0.39 is 49.5 Å². The van der Waals surface area contributed by atoms with E-state index in [1.807, 2.05) is 0 Å². The van der Waals surface area contributed by atoms with E-state index in [-0.39, 0.29) is 28.4 Å². The number of hydrogen-bond acceptors (Lipinski definition) is 5. The molecule has 1 fully saturated rings. The van der Waals surface area contributed by atoms with Gasteiger partial charge < -0.3 is 5.32 Å². The maximum absolute atomic E-state index is 13.4. The first-order chi connectivity index (χ1) is 14.0. The molecule has 1 saturated heterocycles. The van der Waals surface area contributed by atoms with Crippen molar-refractivity contribution in [2.75, 3.05) is 11.5 Å². The summed E-state index contributed by atoms with van der Waals surface area (Å²) in [5.74, 6) is -2.83. The zero-order valence-corrected chi connectivity index (χ0v) is 17.6. The number of carbonyl (C=O) groups is 1. The van der Waals surface area contributed by atoms with Gasteiger partial charge in [-0.3, -0.25) is 4.79 Å². The lowest BCUT2D eigenvalue weighted by atomic mass is 10.1. The predicted molar refractivity (Wildman–Crippen MR) is 106 cm³/mol. The Labute approximate surface area is 173 Å². The number of rotatable bonds is 6. The minimum absolute atomic E-state index is 0.0601. The minimum Gasteiger partial charge on any atom is -0.346 e. The second kappa shape index (κ2) is 8.40. The molecular weight excluding hydrogens is 438 g/mol. The van der Waals surface area contributed by atoms with E-state index in [0.29, 0.717) is 5.56 Å². The normalized spacial score (nSPS) is 19.4. The van der Waals surface area contributed by atoms with Crippen molar-refractivity contribution in [2.24, 2.45) is 0 Å². The molecule has 1 aliphatic heterocycles. The van der Waals surface area contributed by atoms with E-state index in [1.54, 1.807) is 6.92 Å². The van der Waals surface area contributed by atoms with Gasteiger partial charge in [0, 0.05) is 11.6 Å². The number of halogens is 2. The third kappa shape index (κ3) is 5.21. The summed E-state index contributed by atoms with van der Waals surface area (Å²) in [5, 5.41) is 2.63. The molecule has 1 aliphatic rings. The largest absolute Gasteiger partial charge is 0.346 e. The van der Waals surface area contributed by atoms with E-state index in [2.05, 4.69) is 10.0 Å². The van der Waals surface area contributed by atoms with Crippen molar-refractivity contribution < 1.29 is 30.4 Å². The molecule has 2 atom stereocenters. The van der Waals surface area contributed by atoms with Gasteiger partial charge in [-0.15, -0.1) is 0 Å². The van der Waals surface area contributed by atoms with Crippen LogP contribution >= 0.6 is 0 Å². The molecule has 2 aromatic carbocycles. The molecule has 3 rings (SSSR count). The lowest BCUT2D eigenvalue weighted by Gasteiger charge is -2.15. The Morgan fingerprint density at radius 3 is 2.33 bits per heavy atom. The van der Waals surface area contributed by atoms with Crippen molar-refractivity contribution in [2.45, 2.75) is 30.3 Å². The maximum atomic E-state index is 13.4. The Balaban J connectivity index is 1.67. The van der Waals surface area contributed by atoms with Crippen molar-refractivity contribution in [3.63, 3.8) is 0 Å². The van der Waals surface area contributed by atoms with Gasteiger partial charge in [0.05, 0.1) is 22.4 Å². The van der Waals surface area contributed by atoms with Gasteiger partial charge in [0.25, 0.3) is 5.91 Å². The van der Waals surface area contributed by atoms with Crippen molar-refractivity contribution >= 4 is 25.8 Å². The van der Waals surface area contributed by atoms with E-state index in [9.17, 15) is 30.4 Å². The van der Waals surface area contributed by atoms with E-state index >= 15 is 0 Å². The van der Waals surface area contributed by atoms with Crippen LogP contribution in [0.15, 0.2) is 47.4 Å². The number of hydrogen-bond donors (Lipinski definition) is 2. The summed E-state index contributed by atoms with van der Waals surface area (Å²) in [6.07, 6.45) is 0.212. The zero-order valence-electron chi connectivity index (χ0n) is 15.9. The summed E-state index contributed by atoms with van der Waals surface area (Å²) in [5.41, 5.74) is 0.545. The van der Waals surface area contributed by atoms with Crippen molar-refractivity contribution in [3.8, 4) is 0 Å². The number of carbonyl (C=O) groups excluding carboxylic acids is 1. The monoisotopic (exact) mass is 458 g/mol. The van der Waals surface area contributed by atoms with Gasteiger partial charge in [0.15, 0.2) is 21.5 Å². The Bertz CT molecular complexity index is 1170. The highest BCUT2D eigenvalue weighted by molar-refractivity contribution is 7.92. The lowest BCUT2D eigenvalue weighted by Crippen LogP contribution is -2.35. The van der Waals surface area contributed by atoms with Gasteiger partial charge in [-0.2, -0.15) is 0 Å². The second-order valence-corrected chi connectivity index (χ2v) is 11.1. The first-order valence-corrected chi connectivity index (χ1v) is 12.4. The number of benzene rings is 2. The Hall–Kier alpha value is -2.37. The fourth-order valence-corrected chi connectivity index (χ4v) is 6.16. The summed E-state index contributed by atoms with van der Waals surface area (Å²) >= 11 is 0. The fourth-order valence-electron chi connectivity index (χ4n) is 3.11. The molecule has 7 nitrogen and oxygen atoms in total. The molecule has 0 unspecified atom stereocenters. The summed E-state index contributed by atoms with van der Waals surface area (Å²) in [4.78, 5) is 12.3. The minimum atomic E-state index is -3.93. The van der Waals surface area contributed by atoms with Crippen molar-refractivity contribution in [3.05, 3.63) is 65.2 Å². The smallest absolute Gasteiger partial charge is 0.251 e. The van der Waals surface area contributed by atoms with Crippen LogP contribution in [-0.4, -0.2) is 40.3 Å². The number of sulfonamides is 1. The Morgan fingerprint density at radius 1 is 1.10 bits per heavy atom. The zero-order chi connectivity index (χ0) is 22.1. The van der Waals surface area contributed by atoms with Crippen LogP contribution in [0.25, 0.3) is 0 Å². The molecule has 0 aliphatic carbocycles. The van der Waals surface area contributed by atoms with Crippen molar-refractivity contribution in [1.29, 1.82) is 0 Å². The highest BCUT2D eigenvalue weighted by Gasteiger charge is 2.31. The summed E-state index contributed by atoms with van der Waals surface area (Å²) in [6.45, 7) is 1.60. The summed E-state index contributed by atoms with van der Waals surface area (Å²) in [6, 6.07) is 7.13. The highest BCUT2D eigenvalue weighted by Crippen LogP contribution is 2.18. The molecule has 0 radical (unpaired) electrons. The topological polar surface area (TPSA) is 109 Å². The summed E-state index contributed by atoms with van der Waals surface area (Å²) in [7, 11) is -7.17. The van der Waals surface area contributed by atoms with Crippen LogP contribution in [0.1, 0.15) is 35.3 Å². The maximum Gasteiger partial charge on any atom is 0.251 e. The molecule has 0 aromatic heterocycles. The first kappa shape index (κ1) is 22.3. The molecule has 11 heteroatoms. The number of nitrogens with one attached hydrogen (secondary N) is 2. The number of amides is 1. The van der Waals surface area contributed by atoms with Gasteiger partial charge >= 0.3 is 0 Å². The fraction of sp³-hybridized carbons (Fsp3) is 0.316. The Morgan fingerprint density at radius 2 is 1.77 bits per heavy atom. The van der Waals surface area contributed by atoms with Crippen LogP contribution < -0.4 is 10.0 Å². The highest BCUT2D eigenvalue weighted by atomic mass is 32.2. The van der Waals surface area contributed by atoms with Crippen LogP contribution in [0.2, 0.25) is 0 Å². The van der Waals surface area contributed by atoms with Crippen LogP contribution in [0.5, 0.6) is 0 Å². The van der Waals surface area contributed by atoms with Crippen molar-refractivity contribution in [1.82, 2.24) is 10.0 Å². The van der Waals surface area contributed by atoms with Crippen LogP contribution in [0, 0.1) is 11.6 Å². The molecular formula is C19H20F2N2O5S2. The molecule has 2 N–H and O–H groups in total. The summed E-state index contributed by atoms with van der Waals surface area (Å²) < 4.78 is 76.6. The second-order valence-electron chi connectivity index (χ2n) is 7.11. The quantitative estimate of drug-likeness (QED) is 0.688. The van der Waals surface area contributed by atoms with Crippen LogP contribution in [-0.2, 0) is 19.9 Å². The molecule has 0 spiro atoms. The molecule has 1 heterocycles. The molecule has 1 amide bonds. The van der Waals surface area contributed by atoms with Gasteiger partial charge in [0.1, 0.15) is 0 Å². The van der Waals surface area contributed by atoms with Crippen LogP contribution in [0.3, 0.4) is 0 Å². The Kier molecular flexibility index (Phi) is 6.25. The average molecular weight is 459 g/mol. The molecule has 162 valence electrons. The van der Waals surface area contributed by atoms with Gasteiger partial charge in [-0.05, 0) is 55.3 Å². The molecule has 0 saturated carbocycles. The van der Waals surface area contributed by atoms with Gasteiger partial charge in [0.2, 0.25) is 10.0 Å². The van der Waals surface area contributed by atoms with E-state index in [0.717, 1.165) is 12.1 Å². The average Bonchev–Trinajstić information content (AvgIpc) is 3.01. The standard InChI is InChI=1S/C19H20F2N2O5S2/c1-12(14-4-7-17(20)18(21)10-14)22-19(24)13-2-5-16(6-3-13)30(27,28)23-15-8-9-29(25,26)11-15/h2-7,10,12,15,23H,8-9,11H2,1H3,(H,22,24)/t12-,15-/m1/s1. The van der Waals surface area contributed by atoms with Gasteiger partial charge in [-0.1, -0.05) is 6.07 Å². The number of sulfone groups is 1.